The largest absolute Gasteiger partial charge is 0.494 e. The number of ether oxygens (including phenoxy) is 2. The summed E-state index contributed by atoms with van der Waals surface area (Å²) in [6.07, 6.45) is 0.650. The van der Waals surface area contributed by atoms with Gasteiger partial charge in [-0.05, 0) is 49.7 Å². The molecular weight excluding hydrogens is 257 g/mol. The summed E-state index contributed by atoms with van der Waals surface area (Å²) in [6.45, 7) is 2.98. The van der Waals surface area contributed by atoms with Crippen LogP contribution < -0.4 is 15.2 Å². The Balaban J connectivity index is 2.15. The van der Waals surface area contributed by atoms with Gasteiger partial charge < -0.3 is 15.2 Å². The SMILES string of the molecule is CCOc1cccc(Oc2ccc(CCN)cc2F)c1. The summed E-state index contributed by atoms with van der Waals surface area (Å²) in [5.74, 6) is 1.05. The average Bonchev–Trinajstić information content (AvgIpc) is 2.43. The third kappa shape index (κ3) is 3.71. The Kier molecular flexibility index (Phi) is 4.96. The Bertz CT molecular complexity index is 572. The van der Waals surface area contributed by atoms with Gasteiger partial charge in [-0.15, -0.1) is 0 Å². The van der Waals surface area contributed by atoms with Crippen molar-refractivity contribution in [3.8, 4) is 17.2 Å². The summed E-state index contributed by atoms with van der Waals surface area (Å²) in [5, 5.41) is 0. The average molecular weight is 275 g/mol. The van der Waals surface area contributed by atoms with Gasteiger partial charge in [-0.25, -0.2) is 4.39 Å². The lowest BCUT2D eigenvalue weighted by molar-refractivity contribution is 0.337. The summed E-state index contributed by atoms with van der Waals surface area (Å²) in [4.78, 5) is 0. The summed E-state index contributed by atoms with van der Waals surface area (Å²) in [7, 11) is 0. The van der Waals surface area contributed by atoms with E-state index in [1.807, 2.05) is 19.1 Å². The molecule has 0 spiro atoms. The van der Waals surface area contributed by atoms with Crippen LogP contribution in [0.2, 0.25) is 0 Å². The van der Waals surface area contributed by atoms with Crippen molar-refractivity contribution in [1.82, 2.24) is 0 Å². The number of hydrogen-bond donors (Lipinski definition) is 1. The van der Waals surface area contributed by atoms with E-state index < -0.39 is 5.82 Å². The van der Waals surface area contributed by atoms with Crippen molar-refractivity contribution in [2.45, 2.75) is 13.3 Å². The lowest BCUT2D eigenvalue weighted by Crippen LogP contribution is -2.03. The van der Waals surface area contributed by atoms with Crippen LogP contribution in [0.3, 0.4) is 0 Å². The molecule has 0 saturated carbocycles. The zero-order valence-electron chi connectivity index (χ0n) is 11.4. The molecule has 2 aromatic rings. The van der Waals surface area contributed by atoms with E-state index in [2.05, 4.69) is 0 Å². The molecule has 20 heavy (non-hydrogen) atoms. The molecule has 0 aliphatic rings. The van der Waals surface area contributed by atoms with Crippen molar-refractivity contribution >= 4 is 0 Å². The van der Waals surface area contributed by atoms with Gasteiger partial charge in [-0.3, -0.25) is 0 Å². The van der Waals surface area contributed by atoms with Gasteiger partial charge in [0.2, 0.25) is 0 Å². The molecular formula is C16H18FNO2. The van der Waals surface area contributed by atoms with E-state index in [0.29, 0.717) is 31.1 Å². The lowest BCUT2D eigenvalue weighted by atomic mass is 10.1. The minimum Gasteiger partial charge on any atom is -0.494 e. The van der Waals surface area contributed by atoms with E-state index in [-0.39, 0.29) is 5.75 Å². The normalized spacial score (nSPS) is 10.3. The summed E-state index contributed by atoms with van der Waals surface area (Å²) < 4.78 is 24.8. The second-order valence-corrected chi connectivity index (χ2v) is 4.31. The third-order valence-electron chi connectivity index (χ3n) is 2.77. The first kappa shape index (κ1) is 14.3. The number of nitrogens with two attached hydrogens (primary N) is 1. The van der Waals surface area contributed by atoms with Crippen LogP contribution in [0.1, 0.15) is 12.5 Å². The van der Waals surface area contributed by atoms with Gasteiger partial charge in [0, 0.05) is 6.07 Å². The predicted octanol–water partition coefficient (Wildman–Crippen LogP) is 3.52. The number of benzene rings is 2. The van der Waals surface area contributed by atoms with Crippen molar-refractivity contribution < 1.29 is 13.9 Å². The molecule has 0 radical (unpaired) electrons. The molecule has 3 nitrogen and oxygen atoms in total. The molecule has 0 aliphatic carbocycles. The van der Waals surface area contributed by atoms with Gasteiger partial charge in [-0.2, -0.15) is 0 Å². The monoisotopic (exact) mass is 275 g/mol. The van der Waals surface area contributed by atoms with Crippen molar-refractivity contribution in [2.75, 3.05) is 13.2 Å². The van der Waals surface area contributed by atoms with Gasteiger partial charge in [0.05, 0.1) is 6.61 Å². The summed E-state index contributed by atoms with van der Waals surface area (Å²) in [5.41, 5.74) is 6.31. The Morgan fingerprint density at radius 3 is 2.60 bits per heavy atom. The maximum absolute atomic E-state index is 13.9. The molecule has 4 heteroatoms. The first-order chi connectivity index (χ1) is 9.72. The Morgan fingerprint density at radius 2 is 1.90 bits per heavy atom. The van der Waals surface area contributed by atoms with Gasteiger partial charge in [-0.1, -0.05) is 12.1 Å². The van der Waals surface area contributed by atoms with Crippen LogP contribution in [0.25, 0.3) is 0 Å². The molecule has 2 rings (SSSR count). The highest BCUT2D eigenvalue weighted by Gasteiger charge is 2.06. The van der Waals surface area contributed by atoms with Gasteiger partial charge in [0.15, 0.2) is 11.6 Å². The first-order valence-electron chi connectivity index (χ1n) is 6.62. The smallest absolute Gasteiger partial charge is 0.165 e. The fraction of sp³-hybridized carbons (Fsp3) is 0.250. The highest BCUT2D eigenvalue weighted by atomic mass is 19.1. The van der Waals surface area contributed by atoms with Crippen LogP contribution in [0.15, 0.2) is 42.5 Å². The van der Waals surface area contributed by atoms with Gasteiger partial charge in [0.25, 0.3) is 0 Å². The molecule has 0 atom stereocenters. The van der Waals surface area contributed by atoms with E-state index in [4.69, 9.17) is 15.2 Å². The minimum atomic E-state index is -0.391. The highest BCUT2D eigenvalue weighted by Crippen LogP contribution is 2.27. The van der Waals surface area contributed by atoms with Crippen LogP contribution >= 0.6 is 0 Å². The van der Waals surface area contributed by atoms with Crippen molar-refractivity contribution in [2.24, 2.45) is 5.73 Å². The summed E-state index contributed by atoms with van der Waals surface area (Å²) in [6, 6.07) is 12.0. The minimum absolute atomic E-state index is 0.194. The summed E-state index contributed by atoms with van der Waals surface area (Å²) >= 11 is 0. The van der Waals surface area contributed by atoms with Crippen molar-refractivity contribution in [3.63, 3.8) is 0 Å². The standard InChI is InChI=1S/C16H18FNO2/c1-2-19-13-4-3-5-14(11-13)20-16-7-6-12(8-9-18)10-15(16)17/h3-7,10-11H,2,8-9,18H2,1H3. The molecule has 0 amide bonds. The van der Waals surface area contributed by atoms with E-state index in [9.17, 15) is 4.39 Å². The molecule has 2 aromatic carbocycles. The molecule has 2 N–H and O–H groups in total. The molecule has 0 bridgehead atoms. The molecule has 0 aliphatic heterocycles. The lowest BCUT2D eigenvalue weighted by Gasteiger charge is -2.09. The van der Waals surface area contributed by atoms with Gasteiger partial charge >= 0.3 is 0 Å². The predicted molar refractivity (Wildman–Crippen MR) is 76.8 cm³/mol. The Labute approximate surface area is 118 Å². The van der Waals surface area contributed by atoms with Crippen LogP contribution in [0.4, 0.5) is 4.39 Å². The number of hydrogen-bond acceptors (Lipinski definition) is 3. The van der Waals surface area contributed by atoms with Crippen LogP contribution in [-0.4, -0.2) is 13.2 Å². The second kappa shape index (κ2) is 6.91. The van der Waals surface area contributed by atoms with E-state index in [1.165, 1.54) is 6.07 Å². The second-order valence-electron chi connectivity index (χ2n) is 4.31. The van der Waals surface area contributed by atoms with Gasteiger partial charge in [0.1, 0.15) is 11.5 Å². The molecule has 0 fully saturated rings. The highest BCUT2D eigenvalue weighted by molar-refractivity contribution is 5.38. The zero-order chi connectivity index (χ0) is 14.4. The van der Waals surface area contributed by atoms with E-state index in [1.54, 1.807) is 24.3 Å². The molecule has 0 unspecified atom stereocenters. The third-order valence-corrected chi connectivity index (χ3v) is 2.77. The van der Waals surface area contributed by atoms with E-state index >= 15 is 0 Å². The molecule has 0 aromatic heterocycles. The quantitative estimate of drug-likeness (QED) is 0.877. The van der Waals surface area contributed by atoms with Crippen LogP contribution in [0, 0.1) is 5.82 Å². The van der Waals surface area contributed by atoms with Crippen LogP contribution in [0.5, 0.6) is 17.2 Å². The van der Waals surface area contributed by atoms with Crippen LogP contribution in [-0.2, 0) is 6.42 Å². The van der Waals surface area contributed by atoms with Crippen molar-refractivity contribution in [3.05, 3.63) is 53.8 Å². The van der Waals surface area contributed by atoms with Crippen molar-refractivity contribution in [1.29, 1.82) is 0 Å². The topological polar surface area (TPSA) is 44.5 Å². The molecule has 0 heterocycles. The number of halogens is 1. The fourth-order valence-corrected chi connectivity index (χ4v) is 1.87. The first-order valence-corrected chi connectivity index (χ1v) is 6.62. The maximum Gasteiger partial charge on any atom is 0.165 e. The molecule has 0 saturated heterocycles. The fourth-order valence-electron chi connectivity index (χ4n) is 1.87. The maximum atomic E-state index is 13.9. The Hall–Kier alpha value is -2.07. The Morgan fingerprint density at radius 1 is 1.10 bits per heavy atom. The molecule has 106 valence electrons. The number of rotatable bonds is 6. The van der Waals surface area contributed by atoms with E-state index in [0.717, 1.165) is 5.56 Å². The zero-order valence-corrected chi connectivity index (χ0v) is 11.4.